The Bertz CT molecular complexity index is 812. The molecule has 1 aromatic carbocycles. The lowest BCUT2D eigenvalue weighted by Gasteiger charge is -2.10. The number of anilines is 1. The lowest BCUT2D eigenvalue weighted by molar-refractivity contribution is -0.114. The number of amides is 1. The van der Waals surface area contributed by atoms with Gasteiger partial charge in [-0.3, -0.25) is 4.79 Å². The highest BCUT2D eigenvalue weighted by molar-refractivity contribution is 6.35. The first kappa shape index (κ1) is 14.8. The summed E-state index contributed by atoms with van der Waals surface area (Å²) in [4.78, 5) is 12.8. The van der Waals surface area contributed by atoms with E-state index in [9.17, 15) is 4.79 Å². The number of carbonyl (C=O) groups is 1. The molecule has 1 aliphatic rings. The third kappa shape index (κ3) is 2.92. The van der Waals surface area contributed by atoms with Crippen LogP contribution < -0.4 is 5.01 Å². The maximum Gasteiger partial charge on any atom is 0.281 e. The number of hydrogen-bond donors (Lipinski definition) is 0. The van der Waals surface area contributed by atoms with Gasteiger partial charge >= 0.3 is 0 Å². The molecule has 0 radical (unpaired) electrons. The van der Waals surface area contributed by atoms with Crippen molar-refractivity contribution in [2.45, 2.75) is 6.92 Å². The first-order chi connectivity index (χ1) is 11.2. The topological polar surface area (TPSA) is 45.8 Å². The van der Waals surface area contributed by atoms with E-state index < -0.39 is 0 Å². The lowest BCUT2D eigenvalue weighted by atomic mass is 10.0. The van der Waals surface area contributed by atoms with Crippen molar-refractivity contribution in [2.75, 3.05) is 5.01 Å². The fourth-order valence-corrected chi connectivity index (χ4v) is 2.36. The average molecular weight is 304 g/mol. The molecule has 2 aromatic rings. The van der Waals surface area contributed by atoms with Gasteiger partial charge in [0, 0.05) is 5.56 Å². The molecule has 1 amide bonds. The highest BCUT2D eigenvalue weighted by atomic mass is 16.3. The van der Waals surface area contributed by atoms with Gasteiger partial charge in [-0.05, 0) is 31.2 Å². The number of carbonyl (C=O) groups excluding carboxylic acids is 1. The Kier molecular flexibility index (Phi) is 4.06. The van der Waals surface area contributed by atoms with Crippen molar-refractivity contribution >= 4 is 17.3 Å². The fraction of sp³-hybridized carbons (Fsp3) is 0.0526. The van der Waals surface area contributed by atoms with E-state index in [2.05, 4.69) is 11.7 Å². The summed E-state index contributed by atoms with van der Waals surface area (Å²) in [7, 11) is 0. The number of furan rings is 1. The van der Waals surface area contributed by atoms with Gasteiger partial charge in [-0.2, -0.15) is 10.1 Å². The maximum absolute atomic E-state index is 12.8. The number of benzene rings is 1. The average Bonchev–Trinajstić information content (AvgIpc) is 3.18. The predicted molar refractivity (Wildman–Crippen MR) is 91.2 cm³/mol. The van der Waals surface area contributed by atoms with E-state index in [0.717, 1.165) is 16.8 Å². The van der Waals surface area contributed by atoms with E-state index in [1.165, 1.54) is 5.01 Å². The maximum atomic E-state index is 12.8. The Morgan fingerprint density at radius 2 is 2.04 bits per heavy atom. The molecular formula is C19H16N2O2. The normalized spacial score (nSPS) is 16.8. The molecule has 1 aromatic heterocycles. The molecule has 0 saturated heterocycles. The molecule has 0 spiro atoms. The van der Waals surface area contributed by atoms with Gasteiger partial charge < -0.3 is 4.42 Å². The first-order valence-electron chi connectivity index (χ1n) is 7.23. The number of allylic oxidation sites excluding steroid dienone is 4. The summed E-state index contributed by atoms with van der Waals surface area (Å²) in [5, 5.41) is 5.91. The number of nitrogens with zero attached hydrogens (tertiary/aromatic N) is 2. The monoisotopic (exact) mass is 304 g/mol. The Morgan fingerprint density at radius 1 is 1.26 bits per heavy atom. The van der Waals surface area contributed by atoms with Gasteiger partial charge in [-0.25, -0.2) is 0 Å². The second-order valence-corrected chi connectivity index (χ2v) is 5.12. The van der Waals surface area contributed by atoms with Crippen LogP contribution in [0.25, 0.3) is 0 Å². The van der Waals surface area contributed by atoms with E-state index in [1.807, 2.05) is 49.4 Å². The molecule has 0 N–H and O–H groups in total. The van der Waals surface area contributed by atoms with Gasteiger partial charge in [-0.1, -0.05) is 42.5 Å². The molecule has 0 atom stereocenters. The van der Waals surface area contributed by atoms with Crippen LogP contribution in [0.5, 0.6) is 0 Å². The SMILES string of the molecule is C=C/C=C(C)/C=C1\C(=O)N(c2ccccc2)N=C1c1ccoc1. The standard InChI is InChI=1S/C19H16N2O2/c1-3-7-14(2)12-17-18(15-10-11-23-13-15)20-21(19(17)22)16-8-5-4-6-9-16/h3-13H,1H2,2H3/b14-7+,17-12-. The van der Waals surface area contributed by atoms with Crippen LogP contribution in [0, 0.1) is 0 Å². The smallest absolute Gasteiger partial charge is 0.281 e. The molecule has 1 aliphatic heterocycles. The number of hydrogen-bond acceptors (Lipinski definition) is 3. The fourth-order valence-electron chi connectivity index (χ4n) is 2.36. The lowest BCUT2D eigenvalue weighted by Crippen LogP contribution is -2.21. The van der Waals surface area contributed by atoms with Crippen LogP contribution in [0.1, 0.15) is 12.5 Å². The molecular weight excluding hydrogens is 288 g/mol. The summed E-state index contributed by atoms with van der Waals surface area (Å²) in [6, 6.07) is 11.1. The van der Waals surface area contributed by atoms with Crippen LogP contribution in [-0.2, 0) is 4.79 Å². The van der Waals surface area contributed by atoms with E-state index >= 15 is 0 Å². The molecule has 0 fully saturated rings. The molecule has 0 bridgehead atoms. The van der Waals surface area contributed by atoms with Crippen molar-refractivity contribution in [3.05, 3.63) is 90.4 Å². The first-order valence-corrected chi connectivity index (χ1v) is 7.23. The minimum Gasteiger partial charge on any atom is -0.472 e. The second-order valence-electron chi connectivity index (χ2n) is 5.12. The largest absolute Gasteiger partial charge is 0.472 e. The third-order valence-corrected chi connectivity index (χ3v) is 3.43. The van der Waals surface area contributed by atoms with Crippen molar-refractivity contribution < 1.29 is 9.21 Å². The Labute approximate surface area is 134 Å². The molecule has 3 rings (SSSR count). The highest BCUT2D eigenvalue weighted by Gasteiger charge is 2.32. The summed E-state index contributed by atoms with van der Waals surface area (Å²) in [5.41, 5.74) is 3.56. The quantitative estimate of drug-likeness (QED) is 0.631. The van der Waals surface area contributed by atoms with Crippen LogP contribution in [0.15, 0.2) is 94.4 Å². The third-order valence-electron chi connectivity index (χ3n) is 3.43. The van der Waals surface area contributed by atoms with Crippen molar-refractivity contribution in [3.8, 4) is 0 Å². The van der Waals surface area contributed by atoms with Crippen molar-refractivity contribution in [1.29, 1.82) is 0 Å². The van der Waals surface area contributed by atoms with Crippen LogP contribution in [-0.4, -0.2) is 11.6 Å². The van der Waals surface area contributed by atoms with Crippen molar-refractivity contribution in [1.82, 2.24) is 0 Å². The van der Waals surface area contributed by atoms with E-state index in [1.54, 1.807) is 24.7 Å². The van der Waals surface area contributed by atoms with Gasteiger partial charge in [-0.15, -0.1) is 0 Å². The van der Waals surface area contributed by atoms with Crippen molar-refractivity contribution in [3.63, 3.8) is 0 Å². The van der Waals surface area contributed by atoms with Crippen LogP contribution in [0.3, 0.4) is 0 Å². The van der Waals surface area contributed by atoms with Gasteiger partial charge in [0.2, 0.25) is 0 Å². The summed E-state index contributed by atoms with van der Waals surface area (Å²) in [6.45, 7) is 5.60. The summed E-state index contributed by atoms with van der Waals surface area (Å²) in [6.07, 6.45) is 8.51. The van der Waals surface area contributed by atoms with E-state index in [4.69, 9.17) is 4.42 Å². The van der Waals surface area contributed by atoms with Crippen LogP contribution in [0.4, 0.5) is 5.69 Å². The zero-order chi connectivity index (χ0) is 16.2. The second kappa shape index (κ2) is 6.32. The Morgan fingerprint density at radius 3 is 2.70 bits per heavy atom. The van der Waals surface area contributed by atoms with Gasteiger partial charge in [0.1, 0.15) is 5.71 Å². The predicted octanol–water partition coefficient (Wildman–Crippen LogP) is 4.09. The van der Waals surface area contributed by atoms with Crippen LogP contribution in [0.2, 0.25) is 0 Å². The molecule has 4 heteroatoms. The zero-order valence-electron chi connectivity index (χ0n) is 12.8. The highest BCUT2D eigenvalue weighted by Crippen LogP contribution is 2.27. The molecule has 0 saturated carbocycles. The number of hydrazone groups is 1. The molecule has 0 aliphatic carbocycles. The van der Waals surface area contributed by atoms with Crippen molar-refractivity contribution in [2.24, 2.45) is 5.10 Å². The van der Waals surface area contributed by atoms with Crippen LogP contribution >= 0.6 is 0 Å². The zero-order valence-corrected chi connectivity index (χ0v) is 12.8. The summed E-state index contributed by atoms with van der Waals surface area (Å²) in [5.74, 6) is -0.163. The minimum atomic E-state index is -0.163. The van der Waals surface area contributed by atoms with Gasteiger partial charge in [0.25, 0.3) is 5.91 Å². The van der Waals surface area contributed by atoms with E-state index in [-0.39, 0.29) is 5.91 Å². The molecule has 0 unspecified atom stereocenters. The minimum absolute atomic E-state index is 0.163. The Balaban J connectivity index is 2.09. The number of para-hydroxylation sites is 1. The van der Waals surface area contributed by atoms with Gasteiger partial charge in [0.15, 0.2) is 0 Å². The molecule has 2 heterocycles. The summed E-state index contributed by atoms with van der Waals surface area (Å²) < 4.78 is 5.14. The molecule has 114 valence electrons. The molecule has 23 heavy (non-hydrogen) atoms. The van der Waals surface area contributed by atoms with Gasteiger partial charge in [0.05, 0.1) is 23.8 Å². The summed E-state index contributed by atoms with van der Waals surface area (Å²) >= 11 is 0. The number of rotatable bonds is 4. The molecule has 4 nitrogen and oxygen atoms in total. The van der Waals surface area contributed by atoms with E-state index in [0.29, 0.717) is 11.3 Å². The Hall–Kier alpha value is -3.14.